The second-order valence-corrected chi connectivity index (χ2v) is 13.1. The van der Waals surface area contributed by atoms with Gasteiger partial charge in [0.25, 0.3) is 0 Å². The summed E-state index contributed by atoms with van der Waals surface area (Å²) in [5.41, 5.74) is 0.513. The van der Waals surface area contributed by atoms with Crippen molar-refractivity contribution in [3.05, 3.63) is 48.6 Å². The molecule has 1 rings (SSSR count). The first-order chi connectivity index (χ1) is 20.3. The summed E-state index contributed by atoms with van der Waals surface area (Å²) >= 11 is 0. The van der Waals surface area contributed by atoms with Crippen LogP contribution in [-0.4, -0.2) is 11.7 Å². The van der Waals surface area contributed by atoms with Gasteiger partial charge in [0.05, 0.1) is 0 Å². The highest BCUT2D eigenvalue weighted by Gasteiger charge is 2.51. The minimum atomic E-state index is 0.421. The van der Waals surface area contributed by atoms with Crippen molar-refractivity contribution in [3.63, 3.8) is 0 Å². The maximum Gasteiger partial charge on any atom is 0.0464 e. The van der Waals surface area contributed by atoms with Gasteiger partial charge in [0.15, 0.2) is 0 Å². The highest BCUT2D eigenvalue weighted by Crippen LogP contribution is 2.59. The molecule has 238 valence electrons. The van der Waals surface area contributed by atoms with E-state index in [1.165, 1.54) is 161 Å². The molecule has 0 aromatic carbocycles. The summed E-state index contributed by atoms with van der Waals surface area (Å²) in [5, 5.41) is 9.79. The van der Waals surface area contributed by atoms with E-state index in [4.69, 9.17) is 0 Å². The van der Waals surface area contributed by atoms with Crippen LogP contribution in [-0.2, 0) is 0 Å². The van der Waals surface area contributed by atoms with Crippen LogP contribution in [0.25, 0.3) is 0 Å². The first kappa shape index (κ1) is 37.9. The average molecular weight is 569 g/mol. The van der Waals surface area contributed by atoms with Gasteiger partial charge in [-0.05, 0) is 94.8 Å². The van der Waals surface area contributed by atoms with E-state index < -0.39 is 0 Å². The molecule has 1 fully saturated rings. The van der Waals surface area contributed by atoms with E-state index in [9.17, 15) is 5.11 Å². The summed E-state index contributed by atoms with van der Waals surface area (Å²) < 4.78 is 0. The fraction of sp³-hybridized carbons (Fsp3) is 0.800. The molecule has 0 amide bonds. The molecule has 0 radical (unpaired) electrons. The van der Waals surface area contributed by atoms with Gasteiger partial charge in [0.2, 0.25) is 0 Å². The number of aliphatic hydroxyl groups is 1. The second kappa shape index (κ2) is 29.0. The molecule has 0 bridgehead atoms. The Kier molecular flexibility index (Phi) is 26.9. The summed E-state index contributed by atoms with van der Waals surface area (Å²) in [4.78, 5) is 0. The van der Waals surface area contributed by atoms with Crippen molar-refractivity contribution in [2.24, 2.45) is 11.3 Å². The molecule has 0 saturated heterocycles. The molecule has 1 saturated carbocycles. The molecule has 1 aliphatic carbocycles. The summed E-state index contributed by atoms with van der Waals surface area (Å²) in [7, 11) is 0. The average Bonchev–Trinajstić information content (AvgIpc) is 3.69. The molecule has 1 nitrogen and oxygen atoms in total. The molecule has 1 atom stereocenters. The van der Waals surface area contributed by atoms with Crippen LogP contribution in [0, 0.1) is 11.3 Å². The number of aliphatic hydroxyl groups excluding tert-OH is 1. The lowest BCUT2D eigenvalue weighted by Crippen LogP contribution is -2.07. The van der Waals surface area contributed by atoms with Crippen molar-refractivity contribution < 1.29 is 5.11 Å². The number of hydrogen-bond donors (Lipinski definition) is 1. The van der Waals surface area contributed by atoms with Gasteiger partial charge in [-0.25, -0.2) is 0 Å². The van der Waals surface area contributed by atoms with E-state index in [-0.39, 0.29) is 0 Å². The monoisotopic (exact) mass is 569 g/mol. The van der Waals surface area contributed by atoms with Gasteiger partial charge in [-0.15, -0.1) is 0 Å². The minimum Gasteiger partial charge on any atom is -0.396 e. The predicted molar refractivity (Wildman–Crippen MR) is 186 cm³/mol. The summed E-state index contributed by atoms with van der Waals surface area (Å²) in [6, 6.07) is 0. The molecular weight excluding hydrogens is 496 g/mol. The van der Waals surface area contributed by atoms with E-state index in [0.717, 1.165) is 12.8 Å². The normalized spacial score (nSPS) is 16.8. The third kappa shape index (κ3) is 23.1. The molecule has 1 heteroatoms. The van der Waals surface area contributed by atoms with Crippen molar-refractivity contribution in [1.29, 1.82) is 0 Å². The Morgan fingerprint density at radius 1 is 0.463 bits per heavy atom. The molecule has 0 aromatic rings. The highest BCUT2D eigenvalue weighted by atomic mass is 16.3. The van der Waals surface area contributed by atoms with Crippen molar-refractivity contribution in [2.75, 3.05) is 6.61 Å². The molecule has 0 spiro atoms. The molecular formula is C40H72O. The van der Waals surface area contributed by atoms with E-state index in [1.54, 1.807) is 0 Å². The Labute approximate surface area is 258 Å². The summed E-state index contributed by atoms with van der Waals surface area (Å²) in [6.45, 7) is 4.96. The maximum absolute atomic E-state index is 9.79. The zero-order valence-corrected chi connectivity index (χ0v) is 27.9. The van der Waals surface area contributed by atoms with Crippen LogP contribution in [0.2, 0.25) is 0 Å². The third-order valence-electron chi connectivity index (χ3n) is 9.33. The fourth-order valence-corrected chi connectivity index (χ4v) is 6.36. The van der Waals surface area contributed by atoms with Gasteiger partial charge >= 0.3 is 0 Å². The van der Waals surface area contributed by atoms with Gasteiger partial charge in [-0.1, -0.05) is 152 Å². The van der Waals surface area contributed by atoms with E-state index in [0.29, 0.717) is 17.9 Å². The Hall–Kier alpha value is -1.08. The Morgan fingerprint density at radius 3 is 1.15 bits per heavy atom. The van der Waals surface area contributed by atoms with Gasteiger partial charge in [-0.3, -0.25) is 0 Å². The van der Waals surface area contributed by atoms with Gasteiger partial charge in [0, 0.05) is 6.61 Å². The smallest absolute Gasteiger partial charge is 0.0464 e. The Bertz CT molecular complexity index is 606. The number of hydrogen-bond acceptors (Lipinski definition) is 1. The standard InChI is InChI=1S/C40H72O/c1-3-5-7-9-11-13-15-17-19-21-23-25-27-29-31-33-35-40(37-39(40)38-41)36-34-32-30-28-26-24-22-20-18-16-14-12-10-8-6-4-2/h11-14,17-20,39,41H,3-10,15-16,21-38H2,1-2H3/b13-11-,14-12-,19-17-,20-18-. The van der Waals surface area contributed by atoms with Crippen LogP contribution >= 0.6 is 0 Å². The quantitative estimate of drug-likeness (QED) is 0.0651. The first-order valence-electron chi connectivity index (χ1n) is 18.5. The zero-order chi connectivity index (χ0) is 29.5. The lowest BCUT2D eigenvalue weighted by molar-refractivity contribution is 0.233. The fourth-order valence-electron chi connectivity index (χ4n) is 6.36. The summed E-state index contributed by atoms with van der Waals surface area (Å²) in [6.07, 6.45) is 54.7. The Balaban J connectivity index is 1.93. The molecule has 1 N–H and O–H groups in total. The van der Waals surface area contributed by atoms with Gasteiger partial charge in [0.1, 0.15) is 0 Å². The third-order valence-corrected chi connectivity index (χ3v) is 9.33. The van der Waals surface area contributed by atoms with E-state index in [2.05, 4.69) is 62.5 Å². The number of rotatable bonds is 31. The lowest BCUT2D eigenvalue weighted by Gasteiger charge is -2.17. The topological polar surface area (TPSA) is 20.2 Å². The van der Waals surface area contributed by atoms with Crippen molar-refractivity contribution >= 4 is 0 Å². The SMILES string of the molecule is CCCCC/C=C\C/C=C\CCCCCCCCC1(CCCCCCCC/C=C\C/C=C\CCCCC)CC1CO. The largest absolute Gasteiger partial charge is 0.396 e. The van der Waals surface area contributed by atoms with Crippen molar-refractivity contribution in [1.82, 2.24) is 0 Å². The molecule has 0 aliphatic heterocycles. The van der Waals surface area contributed by atoms with Crippen LogP contribution in [0.1, 0.15) is 187 Å². The van der Waals surface area contributed by atoms with E-state index in [1.807, 2.05) is 0 Å². The van der Waals surface area contributed by atoms with Gasteiger partial charge < -0.3 is 5.11 Å². The van der Waals surface area contributed by atoms with Crippen LogP contribution in [0.15, 0.2) is 48.6 Å². The number of allylic oxidation sites excluding steroid dienone is 8. The minimum absolute atomic E-state index is 0.421. The Morgan fingerprint density at radius 2 is 0.805 bits per heavy atom. The van der Waals surface area contributed by atoms with E-state index >= 15 is 0 Å². The van der Waals surface area contributed by atoms with Crippen molar-refractivity contribution in [3.8, 4) is 0 Å². The molecule has 0 heterocycles. The van der Waals surface area contributed by atoms with Crippen LogP contribution in [0.3, 0.4) is 0 Å². The maximum atomic E-state index is 9.79. The second-order valence-electron chi connectivity index (χ2n) is 13.1. The lowest BCUT2D eigenvalue weighted by atomic mass is 9.89. The van der Waals surface area contributed by atoms with Crippen molar-refractivity contribution in [2.45, 2.75) is 187 Å². The van der Waals surface area contributed by atoms with Crippen LogP contribution in [0.5, 0.6) is 0 Å². The predicted octanol–water partition coefficient (Wildman–Crippen LogP) is 13.4. The summed E-state index contributed by atoms with van der Waals surface area (Å²) in [5.74, 6) is 0.610. The highest BCUT2D eigenvalue weighted by molar-refractivity contribution is 5.01. The molecule has 41 heavy (non-hydrogen) atoms. The van der Waals surface area contributed by atoms with Crippen LogP contribution in [0.4, 0.5) is 0 Å². The molecule has 0 aromatic heterocycles. The first-order valence-corrected chi connectivity index (χ1v) is 18.5. The van der Waals surface area contributed by atoms with Gasteiger partial charge in [-0.2, -0.15) is 0 Å². The molecule has 1 unspecified atom stereocenters. The molecule has 1 aliphatic rings. The zero-order valence-electron chi connectivity index (χ0n) is 27.9. The number of unbranched alkanes of at least 4 members (excludes halogenated alkanes) is 18. The van der Waals surface area contributed by atoms with Crippen LogP contribution < -0.4 is 0 Å².